The number of nitrogens with zero attached hydrogens (tertiary/aromatic N) is 3. The quantitative estimate of drug-likeness (QED) is 0.812. The van der Waals surface area contributed by atoms with Gasteiger partial charge in [-0.15, -0.1) is 0 Å². The number of amides is 2. The molecule has 2 aromatic rings. The summed E-state index contributed by atoms with van der Waals surface area (Å²) in [5.41, 5.74) is 2.05. The molecule has 2 N–H and O–H groups in total. The molecule has 8 heteroatoms. The van der Waals surface area contributed by atoms with Crippen LogP contribution >= 0.6 is 0 Å². The fourth-order valence-corrected chi connectivity index (χ4v) is 3.09. The van der Waals surface area contributed by atoms with Crippen molar-refractivity contribution in [1.29, 1.82) is 5.26 Å². The van der Waals surface area contributed by atoms with E-state index >= 15 is 0 Å². The average Bonchev–Trinajstić information content (AvgIpc) is 2.67. The number of aromatic nitrogens is 1. The molecule has 1 saturated heterocycles. The lowest BCUT2D eigenvalue weighted by molar-refractivity contribution is 0.262. The van der Waals surface area contributed by atoms with Crippen molar-refractivity contribution in [3.8, 4) is 5.97 Å². The Hall–Kier alpha value is -2.92. The third kappa shape index (κ3) is 5.05. The first kappa shape index (κ1) is 18.9. The molecule has 138 valence electrons. The number of rotatable bonds is 4. The van der Waals surface area contributed by atoms with E-state index in [1.807, 2.05) is 6.92 Å². The van der Waals surface area contributed by atoms with Gasteiger partial charge in [0, 0.05) is 23.8 Å². The van der Waals surface area contributed by atoms with E-state index in [2.05, 4.69) is 26.5 Å². The van der Waals surface area contributed by atoms with Crippen LogP contribution in [0, 0.1) is 24.0 Å². The first-order valence-corrected chi connectivity index (χ1v) is 8.95. The molecule has 1 aliphatic rings. The molecule has 1 fully saturated rings. The number of halogens is 1. The van der Waals surface area contributed by atoms with Crippen LogP contribution in [0.15, 0.2) is 36.5 Å². The summed E-state index contributed by atoms with van der Waals surface area (Å²) < 4.78 is 14.8. The van der Waals surface area contributed by atoms with Crippen molar-refractivity contribution in [1.82, 2.24) is 9.88 Å². The summed E-state index contributed by atoms with van der Waals surface area (Å²) in [5.74, 6) is 1.86. The summed E-state index contributed by atoms with van der Waals surface area (Å²) in [6.45, 7) is 3.96. The highest BCUT2D eigenvalue weighted by molar-refractivity contribution is 6.67. The minimum Gasteiger partial charge on any atom is -0.306 e. The molecule has 2 amide bonds. The molecule has 1 aliphatic heterocycles. The third-order valence-electron chi connectivity index (χ3n) is 4.66. The molecule has 0 spiro atoms. The van der Waals surface area contributed by atoms with Crippen molar-refractivity contribution in [2.24, 2.45) is 0 Å². The lowest BCUT2D eigenvalue weighted by Crippen LogP contribution is -2.36. The van der Waals surface area contributed by atoms with Crippen LogP contribution in [0.4, 0.5) is 20.6 Å². The SMILES string of the molecule is Cc1ccc(NC(=O)Nc2cccc(CN3CCB(C#N)CC3)c2F)cn1. The zero-order valence-corrected chi connectivity index (χ0v) is 15.2. The Balaban J connectivity index is 1.61. The van der Waals surface area contributed by atoms with Gasteiger partial charge < -0.3 is 15.5 Å². The molecule has 0 bridgehead atoms. The van der Waals surface area contributed by atoms with Gasteiger partial charge in [0.15, 0.2) is 5.82 Å². The Morgan fingerprint density at radius 3 is 2.74 bits per heavy atom. The van der Waals surface area contributed by atoms with Crippen molar-refractivity contribution in [2.45, 2.75) is 26.1 Å². The van der Waals surface area contributed by atoms with Crippen LogP contribution < -0.4 is 10.6 Å². The number of carbonyl (C=O) groups excluding carboxylic acids is 1. The van der Waals surface area contributed by atoms with E-state index in [4.69, 9.17) is 5.26 Å². The lowest BCUT2D eigenvalue weighted by Gasteiger charge is -2.28. The molecule has 0 atom stereocenters. The molecule has 0 unspecified atom stereocenters. The topological polar surface area (TPSA) is 81.0 Å². The van der Waals surface area contributed by atoms with Crippen LogP contribution in [0.5, 0.6) is 0 Å². The van der Waals surface area contributed by atoms with Gasteiger partial charge in [0.2, 0.25) is 0 Å². The average molecular weight is 365 g/mol. The number of hydrogen-bond donors (Lipinski definition) is 2. The van der Waals surface area contributed by atoms with E-state index in [0.717, 1.165) is 31.4 Å². The normalized spacial score (nSPS) is 14.5. The number of benzene rings is 1. The second-order valence-corrected chi connectivity index (χ2v) is 6.73. The monoisotopic (exact) mass is 365 g/mol. The maximum absolute atomic E-state index is 14.8. The lowest BCUT2D eigenvalue weighted by atomic mass is 9.45. The fourth-order valence-electron chi connectivity index (χ4n) is 3.09. The molecule has 2 heterocycles. The Morgan fingerprint density at radius 1 is 1.30 bits per heavy atom. The van der Waals surface area contributed by atoms with Gasteiger partial charge in [0.1, 0.15) is 0 Å². The zero-order valence-electron chi connectivity index (χ0n) is 15.2. The first-order chi connectivity index (χ1) is 13.0. The van der Waals surface area contributed by atoms with Gasteiger partial charge in [-0.2, -0.15) is 0 Å². The Labute approximate surface area is 158 Å². The number of pyridine rings is 1. The molecule has 27 heavy (non-hydrogen) atoms. The molecular weight excluding hydrogens is 344 g/mol. The fraction of sp³-hybridized carbons (Fsp3) is 0.316. The second-order valence-electron chi connectivity index (χ2n) is 6.73. The third-order valence-corrected chi connectivity index (χ3v) is 4.66. The summed E-state index contributed by atoms with van der Waals surface area (Å²) >= 11 is 0. The standard InChI is InChI=1S/C19H21BFN5O/c1-14-5-6-16(11-23-14)24-19(27)25-17-4-2-3-15(18(17)21)12-26-9-7-20(13-22)8-10-26/h2-6,11H,7-10,12H2,1H3,(H2,24,25,27). The van der Waals surface area contributed by atoms with Crippen LogP contribution in [0.25, 0.3) is 0 Å². The van der Waals surface area contributed by atoms with Crippen LogP contribution in [0.1, 0.15) is 11.3 Å². The Kier molecular flexibility index (Phi) is 6.04. The van der Waals surface area contributed by atoms with Crippen molar-refractivity contribution < 1.29 is 9.18 Å². The number of nitriles is 1. The molecular formula is C19H21BFN5O. The summed E-state index contributed by atoms with van der Waals surface area (Å²) in [6.07, 6.45) is 3.17. The maximum Gasteiger partial charge on any atom is 0.323 e. The van der Waals surface area contributed by atoms with Gasteiger partial charge in [0.25, 0.3) is 6.71 Å². The highest BCUT2D eigenvalue weighted by Gasteiger charge is 2.23. The van der Waals surface area contributed by atoms with Crippen LogP contribution in [-0.4, -0.2) is 35.7 Å². The number of carbonyl (C=O) groups is 1. The van der Waals surface area contributed by atoms with E-state index in [0.29, 0.717) is 17.8 Å². The molecule has 1 aromatic heterocycles. The van der Waals surface area contributed by atoms with Crippen molar-refractivity contribution in [3.63, 3.8) is 0 Å². The molecule has 1 aromatic carbocycles. The van der Waals surface area contributed by atoms with Gasteiger partial charge in [-0.05, 0) is 50.9 Å². The predicted molar refractivity (Wildman–Crippen MR) is 104 cm³/mol. The van der Waals surface area contributed by atoms with E-state index in [1.165, 1.54) is 6.07 Å². The van der Waals surface area contributed by atoms with Crippen molar-refractivity contribution in [3.05, 3.63) is 53.6 Å². The number of anilines is 2. The number of nitrogens with one attached hydrogen (secondary N) is 2. The molecule has 0 aliphatic carbocycles. The molecule has 3 rings (SSSR count). The van der Waals surface area contributed by atoms with E-state index < -0.39 is 11.8 Å². The van der Waals surface area contributed by atoms with Gasteiger partial charge in [-0.1, -0.05) is 12.1 Å². The van der Waals surface area contributed by atoms with Gasteiger partial charge in [0.05, 0.1) is 17.6 Å². The summed E-state index contributed by atoms with van der Waals surface area (Å²) in [5, 5.41) is 14.2. The smallest absolute Gasteiger partial charge is 0.306 e. The maximum atomic E-state index is 14.8. The Morgan fingerprint density at radius 2 is 2.07 bits per heavy atom. The summed E-state index contributed by atoms with van der Waals surface area (Å²) in [4.78, 5) is 18.4. The second kappa shape index (κ2) is 8.65. The van der Waals surface area contributed by atoms with Crippen LogP contribution in [0.3, 0.4) is 0 Å². The van der Waals surface area contributed by atoms with Crippen LogP contribution in [0.2, 0.25) is 12.6 Å². The predicted octanol–water partition coefficient (Wildman–Crippen LogP) is 3.55. The van der Waals surface area contributed by atoms with Crippen molar-refractivity contribution in [2.75, 3.05) is 23.7 Å². The van der Waals surface area contributed by atoms with E-state index in [1.54, 1.807) is 30.5 Å². The van der Waals surface area contributed by atoms with Gasteiger partial charge >= 0.3 is 6.03 Å². The van der Waals surface area contributed by atoms with Crippen molar-refractivity contribution >= 4 is 24.1 Å². The zero-order chi connectivity index (χ0) is 19.2. The van der Waals surface area contributed by atoms with E-state index in [-0.39, 0.29) is 12.4 Å². The summed E-state index contributed by atoms with van der Waals surface area (Å²) in [7, 11) is 0. The first-order valence-electron chi connectivity index (χ1n) is 8.95. The number of hydrogen-bond acceptors (Lipinski definition) is 4. The number of aryl methyl sites for hydroxylation is 1. The highest BCUT2D eigenvalue weighted by Crippen LogP contribution is 2.22. The molecule has 0 radical (unpaired) electrons. The molecule has 6 nitrogen and oxygen atoms in total. The molecule has 0 saturated carbocycles. The van der Waals surface area contributed by atoms with Gasteiger partial charge in [-0.25, -0.2) is 14.4 Å². The highest BCUT2D eigenvalue weighted by atomic mass is 19.1. The van der Waals surface area contributed by atoms with Gasteiger partial charge in [-0.3, -0.25) is 4.98 Å². The number of urea groups is 1. The van der Waals surface area contributed by atoms with E-state index in [9.17, 15) is 9.18 Å². The minimum absolute atomic E-state index is 0.0963. The largest absolute Gasteiger partial charge is 0.323 e. The van der Waals surface area contributed by atoms with Crippen LogP contribution in [-0.2, 0) is 6.54 Å². The summed E-state index contributed by atoms with van der Waals surface area (Å²) in [6, 6.07) is 7.98. The Bertz CT molecular complexity index is 844. The minimum atomic E-state index is -0.522.